The first-order valence-electron chi connectivity index (χ1n) is 25.1. The second-order valence-electron chi connectivity index (χ2n) is 16.7. The Morgan fingerprint density at radius 3 is 1.03 bits per heavy atom. The van der Waals surface area contributed by atoms with E-state index in [0.29, 0.717) is 19.3 Å². The van der Waals surface area contributed by atoms with Crippen LogP contribution in [0.15, 0.2) is 48.6 Å². The average molecular weight is 827 g/mol. The van der Waals surface area contributed by atoms with Crippen molar-refractivity contribution in [2.24, 2.45) is 0 Å². The van der Waals surface area contributed by atoms with Gasteiger partial charge in [0.05, 0.1) is 0 Å². The second kappa shape index (κ2) is 48.0. The molecular weight excluding hydrogens is 733 g/mol. The lowest BCUT2D eigenvalue weighted by molar-refractivity contribution is -0.167. The number of carbonyl (C=O) groups is 3. The number of hydrogen-bond donors (Lipinski definition) is 0. The molecule has 0 saturated carbocycles. The van der Waals surface area contributed by atoms with E-state index in [4.69, 9.17) is 14.2 Å². The number of hydrogen-bond acceptors (Lipinski definition) is 6. The van der Waals surface area contributed by atoms with E-state index in [9.17, 15) is 14.4 Å². The zero-order chi connectivity index (χ0) is 43.0. The van der Waals surface area contributed by atoms with Crippen molar-refractivity contribution in [1.29, 1.82) is 0 Å². The first kappa shape index (κ1) is 56.4. The summed E-state index contributed by atoms with van der Waals surface area (Å²) in [5.41, 5.74) is 0. The molecule has 0 aliphatic carbocycles. The summed E-state index contributed by atoms with van der Waals surface area (Å²) in [5, 5.41) is 0. The fourth-order valence-corrected chi connectivity index (χ4v) is 6.98. The summed E-state index contributed by atoms with van der Waals surface area (Å²) < 4.78 is 16.7. The van der Waals surface area contributed by atoms with E-state index >= 15 is 0 Å². The number of carbonyl (C=O) groups excluding carboxylic acids is 3. The highest BCUT2D eigenvalue weighted by Gasteiger charge is 2.19. The third-order valence-electron chi connectivity index (χ3n) is 10.8. The summed E-state index contributed by atoms with van der Waals surface area (Å²) >= 11 is 0. The predicted molar refractivity (Wildman–Crippen MR) is 252 cm³/mol. The van der Waals surface area contributed by atoms with E-state index < -0.39 is 6.10 Å². The highest BCUT2D eigenvalue weighted by Crippen LogP contribution is 2.14. The standard InChI is InChI=1S/C53H94O6/c1-4-7-10-13-16-19-22-24-25-26-27-29-32-35-38-41-44-47-53(56)59-50(48-57-51(54)45-42-39-36-33-30-21-18-15-12-9-6-3)49-58-52(55)46-43-40-37-34-31-28-23-20-17-14-11-8-5-2/h20,23-25,27,29,35,38,50H,4-19,21-22,26,28,30-34,36-37,39-49H2,1-3H3/b23-20-,25-24-,29-27-,38-35-/t50-/m0/s1. The Morgan fingerprint density at radius 1 is 0.339 bits per heavy atom. The van der Waals surface area contributed by atoms with E-state index in [0.717, 1.165) is 64.2 Å². The van der Waals surface area contributed by atoms with Crippen LogP contribution in [0, 0.1) is 0 Å². The van der Waals surface area contributed by atoms with Crippen molar-refractivity contribution >= 4 is 17.9 Å². The number of rotatable bonds is 45. The smallest absolute Gasteiger partial charge is 0.306 e. The molecule has 1 atom stereocenters. The van der Waals surface area contributed by atoms with Gasteiger partial charge in [-0.3, -0.25) is 14.4 Å². The third-order valence-corrected chi connectivity index (χ3v) is 10.8. The maximum absolute atomic E-state index is 12.7. The van der Waals surface area contributed by atoms with Crippen LogP contribution >= 0.6 is 0 Å². The van der Waals surface area contributed by atoms with Crippen molar-refractivity contribution in [3.8, 4) is 0 Å². The molecule has 0 spiro atoms. The quantitative estimate of drug-likeness (QED) is 0.0263. The zero-order valence-electron chi connectivity index (χ0n) is 39.0. The molecule has 342 valence electrons. The minimum absolute atomic E-state index is 0.0937. The Bertz CT molecular complexity index is 1040. The topological polar surface area (TPSA) is 78.9 Å². The van der Waals surface area contributed by atoms with Crippen LogP contribution in [0.25, 0.3) is 0 Å². The van der Waals surface area contributed by atoms with Gasteiger partial charge >= 0.3 is 17.9 Å². The molecule has 0 aromatic carbocycles. The first-order valence-corrected chi connectivity index (χ1v) is 25.1. The normalized spacial score (nSPS) is 12.4. The van der Waals surface area contributed by atoms with Crippen molar-refractivity contribution < 1.29 is 28.6 Å². The van der Waals surface area contributed by atoms with Crippen LogP contribution in [-0.2, 0) is 28.6 Å². The summed E-state index contributed by atoms with van der Waals surface area (Å²) in [5.74, 6) is -0.952. The molecule has 0 radical (unpaired) electrons. The van der Waals surface area contributed by atoms with E-state index in [-0.39, 0.29) is 37.5 Å². The van der Waals surface area contributed by atoms with Crippen molar-refractivity contribution in [3.63, 3.8) is 0 Å². The molecule has 0 fully saturated rings. The van der Waals surface area contributed by atoms with Gasteiger partial charge in [0, 0.05) is 19.3 Å². The molecule has 0 aliphatic heterocycles. The predicted octanol–water partition coefficient (Wildman–Crippen LogP) is 16.3. The molecule has 0 heterocycles. The first-order chi connectivity index (χ1) is 29.0. The van der Waals surface area contributed by atoms with Crippen LogP contribution in [0.5, 0.6) is 0 Å². The maximum Gasteiger partial charge on any atom is 0.306 e. The Hall–Kier alpha value is -2.63. The van der Waals surface area contributed by atoms with Gasteiger partial charge in [-0.05, 0) is 77.0 Å². The average Bonchev–Trinajstić information content (AvgIpc) is 3.23. The summed E-state index contributed by atoms with van der Waals surface area (Å²) in [6.07, 6.45) is 56.7. The molecule has 6 heteroatoms. The fraction of sp³-hybridized carbons (Fsp3) is 0.792. The Morgan fingerprint density at radius 2 is 0.627 bits per heavy atom. The van der Waals surface area contributed by atoms with Gasteiger partial charge in [0.25, 0.3) is 0 Å². The minimum atomic E-state index is -0.798. The summed E-state index contributed by atoms with van der Waals surface area (Å²) in [6, 6.07) is 0. The monoisotopic (exact) mass is 827 g/mol. The summed E-state index contributed by atoms with van der Waals surface area (Å²) in [7, 11) is 0. The molecule has 0 saturated heterocycles. The largest absolute Gasteiger partial charge is 0.462 e. The van der Waals surface area contributed by atoms with Gasteiger partial charge in [-0.25, -0.2) is 0 Å². The molecule has 0 bridgehead atoms. The third kappa shape index (κ3) is 46.3. The Labute approximate surface area is 365 Å². The second-order valence-corrected chi connectivity index (χ2v) is 16.7. The van der Waals surface area contributed by atoms with Crippen LogP contribution in [0.2, 0.25) is 0 Å². The highest BCUT2D eigenvalue weighted by atomic mass is 16.6. The summed E-state index contributed by atoms with van der Waals surface area (Å²) in [6.45, 7) is 6.56. The van der Waals surface area contributed by atoms with Gasteiger partial charge < -0.3 is 14.2 Å². The SMILES string of the molecule is CCCCCC/C=C\CCCCCCCC(=O)OC[C@H](COC(=O)CCCCCCCCCCCCC)OC(=O)CCC/C=C\C/C=C\C/C=C\CCCCCCCC. The molecule has 0 aliphatic rings. The molecule has 59 heavy (non-hydrogen) atoms. The van der Waals surface area contributed by atoms with E-state index in [1.54, 1.807) is 0 Å². The lowest BCUT2D eigenvalue weighted by Gasteiger charge is -2.18. The van der Waals surface area contributed by atoms with Crippen molar-refractivity contribution in [2.75, 3.05) is 13.2 Å². The van der Waals surface area contributed by atoms with Gasteiger partial charge in [0.2, 0.25) is 0 Å². The van der Waals surface area contributed by atoms with Gasteiger partial charge in [-0.15, -0.1) is 0 Å². The lowest BCUT2D eigenvalue weighted by Crippen LogP contribution is -2.30. The minimum Gasteiger partial charge on any atom is -0.462 e. The van der Waals surface area contributed by atoms with Crippen molar-refractivity contribution in [1.82, 2.24) is 0 Å². The molecule has 0 amide bonds. The Balaban J connectivity index is 4.45. The van der Waals surface area contributed by atoms with E-state index in [1.807, 2.05) is 0 Å². The molecular formula is C53H94O6. The fourth-order valence-electron chi connectivity index (χ4n) is 6.98. The zero-order valence-corrected chi connectivity index (χ0v) is 39.0. The molecule has 0 N–H and O–H groups in total. The van der Waals surface area contributed by atoms with Crippen molar-refractivity contribution in [2.45, 2.75) is 258 Å². The van der Waals surface area contributed by atoms with Crippen LogP contribution in [-0.4, -0.2) is 37.2 Å². The lowest BCUT2D eigenvalue weighted by atomic mass is 10.1. The molecule has 0 aromatic heterocycles. The number of esters is 3. The number of allylic oxidation sites excluding steroid dienone is 8. The van der Waals surface area contributed by atoms with Crippen LogP contribution in [0.1, 0.15) is 252 Å². The van der Waals surface area contributed by atoms with Gasteiger partial charge in [-0.2, -0.15) is 0 Å². The number of ether oxygens (including phenoxy) is 3. The molecule has 6 nitrogen and oxygen atoms in total. The molecule has 0 unspecified atom stereocenters. The van der Waals surface area contributed by atoms with Crippen LogP contribution in [0.4, 0.5) is 0 Å². The Kier molecular flexibility index (Phi) is 45.9. The van der Waals surface area contributed by atoms with Crippen LogP contribution < -0.4 is 0 Å². The van der Waals surface area contributed by atoms with E-state index in [1.165, 1.54) is 141 Å². The van der Waals surface area contributed by atoms with Gasteiger partial charge in [-0.1, -0.05) is 204 Å². The molecule has 0 rings (SSSR count). The van der Waals surface area contributed by atoms with E-state index in [2.05, 4.69) is 69.4 Å². The molecule has 0 aromatic rings. The van der Waals surface area contributed by atoms with Gasteiger partial charge in [0.1, 0.15) is 13.2 Å². The maximum atomic E-state index is 12.7. The van der Waals surface area contributed by atoms with Gasteiger partial charge in [0.15, 0.2) is 6.10 Å². The summed E-state index contributed by atoms with van der Waals surface area (Å²) in [4.78, 5) is 37.8. The van der Waals surface area contributed by atoms with Crippen LogP contribution in [0.3, 0.4) is 0 Å². The number of unbranched alkanes of at least 4 members (excludes halogenated alkanes) is 26. The highest BCUT2D eigenvalue weighted by molar-refractivity contribution is 5.71. The van der Waals surface area contributed by atoms with Crippen molar-refractivity contribution in [3.05, 3.63) is 48.6 Å².